The Hall–Kier alpha value is -2.66. The van der Waals surface area contributed by atoms with Crippen molar-refractivity contribution < 1.29 is 9.18 Å². The second kappa shape index (κ2) is 9.90. The van der Waals surface area contributed by atoms with Gasteiger partial charge in [-0.25, -0.2) is 4.39 Å². The van der Waals surface area contributed by atoms with Gasteiger partial charge in [0.15, 0.2) is 0 Å². The third kappa shape index (κ3) is 5.08. The zero-order chi connectivity index (χ0) is 20.8. The third-order valence-corrected chi connectivity index (χ3v) is 6.06. The monoisotopic (exact) mass is 407 g/mol. The summed E-state index contributed by atoms with van der Waals surface area (Å²) in [5.41, 5.74) is 3.01. The quantitative estimate of drug-likeness (QED) is 0.530. The lowest BCUT2D eigenvalue weighted by molar-refractivity contribution is -0.121. The second-order valence-corrected chi connectivity index (χ2v) is 8.25. The number of aromatic nitrogens is 1. The molecule has 1 heterocycles. The highest BCUT2D eigenvalue weighted by Gasteiger charge is 2.13. The number of fused-ring (bicyclic) bond motifs is 1. The number of hydrogen-bond donors (Lipinski definition) is 2. The van der Waals surface area contributed by atoms with Crippen LogP contribution in [0.3, 0.4) is 0 Å². The highest BCUT2D eigenvalue weighted by molar-refractivity contribution is 5.96. The molecule has 30 heavy (non-hydrogen) atoms. The summed E-state index contributed by atoms with van der Waals surface area (Å²) >= 11 is 0. The largest absolute Gasteiger partial charge is 0.353 e. The lowest BCUT2D eigenvalue weighted by atomic mass is 9.89. The highest BCUT2D eigenvalue weighted by Crippen LogP contribution is 2.29. The van der Waals surface area contributed by atoms with Crippen molar-refractivity contribution in [3.63, 3.8) is 0 Å². The van der Waals surface area contributed by atoms with Crippen LogP contribution in [0.5, 0.6) is 0 Å². The van der Waals surface area contributed by atoms with E-state index in [-0.39, 0.29) is 11.7 Å². The maximum atomic E-state index is 13.3. The van der Waals surface area contributed by atoms with Crippen LogP contribution < -0.4 is 10.6 Å². The van der Waals surface area contributed by atoms with E-state index in [4.69, 9.17) is 0 Å². The molecular weight excluding hydrogens is 377 g/mol. The second-order valence-electron chi connectivity index (χ2n) is 8.25. The van der Waals surface area contributed by atoms with Gasteiger partial charge in [-0.3, -0.25) is 4.79 Å². The molecule has 0 saturated heterocycles. The van der Waals surface area contributed by atoms with Gasteiger partial charge in [-0.15, -0.1) is 0 Å². The maximum Gasteiger partial charge on any atom is 0.239 e. The molecule has 1 amide bonds. The van der Waals surface area contributed by atoms with Gasteiger partial charge in [0.05, 0.1) is 0 Å². The zero-order valence-corrected chi connectivity index (χ0v) is 17.4. The molecule has 1 aliphatic rings. The number of halogens is 1. The Balaban J connectivity index is 1.31. The maximum absolute atomic E-state index is 13.3. The fourth-order valence-corrected chi connectivity index (χ4v) is 4.44. The van der Waals surface area contributed by atoms with Crippen LogP contribution in [0, 0.1) is 11.7 Å². The average molecular weight is 408 g/mol. The fourth-order valence-electron chi connectivity index (χ4n) is 4.44. The summed E-state index contributed by atoms with van der Waals surface area (Å²) in [6.45, 7) is 2.80. The molecule has 4 rings (SSSR count). The van der Waals surface area contributed by atoms with E-state index in [2.05, 4.69) is 10.6 Å². The molecule has 158 valence electrons. The summed E-state index contributed by atoms with van der Waals surface area (Å²) in [6, 6.07) is 14.6. The first-order valence-electron chi connectivity index (χ1n) is 11.0. The summed E-state index contributed by atoms with van der Waals surface area (Å²) in [6.07, 6.45) is 8.71. The van der Waals surface area contributed by atoms with Gasteiger partial charge in [0.1, 0.15) is 12.4 Å². The smallest absolute Gasteiger partial charge is 0.239 e. The molecule has 4 nitrogen and oxygen atoms in total. The SMILES string of the molecule is O=C(Cn1ccc2c(-c3ccc(F)cc3)cccc21)NCCNCC1CCCCC1. The van der Waals surface area contributed by atoms with Gasteiger partial charge >= 0.3 is 0 Å². The van der Waals surface area contributed by atoms with Gasteiger partial charge in [-0.1, -0.05) is 43.5 Å². The standard InChI is InChI=1S/C25H30FN3O/c26-21-11-9-20(10-12-21)22-7-4-8-24-23(22)13-16-29(24)18-25(30)28-15-14-27-17-19-5-2-1-3-6-19/h4,7-13,16,19,27H,1-3,5-6,14-15,17-18H2,(H,28,30). The first-order valence-corrected chi connectivity index (χ1v) is 11.0. The first kappa shape index (κ1) is 20.6. The van der Waals surface area contributed by atoms with Crippen molar-refractivity contribution >= 4 is 16.8 Å². The Kier molecular flexibility index (Phi) is 6.80. The van der Waals surface area contributed by atoms with Gasteiger partial charge < -0.3 is 15.2 Å². The van der Waals surface area contributed by atoms with Crippen LogP contribution in [-0.4, -0.2) is 30.1 Å². The first-order chi connectivity index (χ1) is 14.7. The van der Waals surface area contributed by atoms with E-state index in [0.29, 0.717) is 13.1 Å². The van der Waals surface area contributed by atoms with Gasteiger partial charge in [0, 0.05) is 30.2 Å². The minimum Gasteiger partial charge on any atom is -0.353 e. The number of benzene rings is 2. The lowest BCUT2D eigenvalue weighted by Gasteiger charge is -2.21. The molecular formula is C25H30FN3O. The average Bonchev–Trinajstić information content (AvgIpc) is 3.18. The van der Waals surface area contributed by atoms with E-state index in [9.17, 15) is 9.18 Å². The van der Waals surface area contributed by atoms with Crippen molar-refractivity contribution in [3.05, 3.63) is 60.5 Å². The fraction of sp³-hybridized carbons (Fsp3) is 0.400. The van der Waals surface area contributed by atoms with Crippen LogP contribution in [0.25, 0.3) is 22.0 Å². The van der Waals surface area contributed by atoms with Crippen LogP contribution in [-0.2, 0) is 11.3 Å². The topological polar surface area (TPSA) is 46.1 Å². The minimum atomic E-state index is -0.242. The molecule has 1 aromatic heterocycles. The van der Waals surface area contributed by atoms with E-state index < -0.39 is 0 Å². The number of rotatable bonds is 8. The molecule has 1 aliphatic carbocycles. The van der Waals surface area contributed by atoms with Crippen molar-refractivity contribution in [2.45, 2.75) is 38.6 Å². The van der Waals surface area contributed by atoms with Gasteiger partial charge in [0.2, 0.25) is 5.91 Å². The molecule has 0 atom stereocenters. The van der Waals surface area contributed by atoms with E-state index >= 15 is 0 Å². The Morgan fingerprint density at radius 3 is 2.60 bits per heavy atom. The molecule has 0 radical (unpaired) electrons. The summed E-state index contributed by atoms with van der Waals surface area (Å²) in [4.78, 5) is 12.4. The zero-order valence-electron chi connectivity index (χ0n) is 17.4. The van der Waals surface area contributed by atoms with Gasteiger partial charge in [0.25, 0.3) is 0 Å². The Bertz CT molecular complexity index is 974. The molecule has 1 saturated carbocycles. The molecule has 5 heteroatoms. The van der Waals surface area contributed by atoms with Crippen molar-refractivity contribution in [1.29, 1.82) is 0 Å². The third-order valence-electron chi connectivity index (χ3n) is 6.06. The Morgan fingerprint density at radius 2 is 1.80 bits per heavy atom. The van der Waals surface area contributed by atoms with E-state index in [1.165, 1.54) is 44.2 Å². The van der Waals surface area contributed by atoms with E-state index in [1.807, 2.05) is 35.0 Å². The van der Waals surface area contributed by atoms with E-state index in [0.717, 1.165) is 41.0 Å². The molecule has 0 unspecified atom stereocenters. The molecule has 2 aromatic carbocycles. The number of carbonyl (C=O) groups is 1. The lowest BCUT2D eigenvalue weighted by Crippen LogP contribution is -2.35. The number of nitrogens with zero attached hydrogens (tertiary/aromatic N) is 1. The predicted molar refractivity (Wildman–Crippen MR) is 120 cm³/mol. The molecule has 3 aromatic rings. The van der Waals surface area contributed by atoms with Crippen LogP contribution >= 0.6 is 0 Å². The van der Waals surface area contributed by atoms with E-state index in [1.54, 1.807) is 12.1 Å². The van der Waals surface area contributed by atoms with Crippen LogP contribution in [0.1, 0.15) is 32.1 Å². The van der Waals surface area contributed by atoms with Crippen molar-refractivity contribution in [2.75, 3.05) is 19.6 Å². The summed E-state index contributed by atoms with van der Waals surface area (Å²) < 4.78 is 15.2. The number of hydrogen-bond acceptors (Lipinski definition) is 2. The Labute approximate surface area is 177 Å². The van der Waals surface area contributed by atoms with Crippen LogP contribution in [0.15, 0.2) is 54.7 Å². The number of carbonyl (C=O) groups excluding carboxylic acids is 1. The normalized spacial score (nSPS) is 14.8. The molecule has 0 aliphatic heterocycles. The summed E-state index contributed by atoms with van der Waals surface area (Å²) in [5.74, 6) is 0.573. The summed E-state index contributed by atoms with van der Waals surface area (Å²) in [7, 11) is 0. The Morgan fingerprint density at radius 1 is 1.00 bits per heavy atom. The van der Waals surface area contributed by atoms with Crippen molar-refractivity contribution in [3.8, 4) is 11.1 Å². The molecule has 0 bridgehead atoms. The van der Waals surface area contributed by atoms with Crippen molar-refractivity contribution in [1.82, 2.24) is 15.2 Å². The number of nitrogens with one attached hydrogen (secondary N) is 2. The van der Waals surface area contributed by atoms with Gasteiger partial charge in [-0.2, -0.15) is 0 Å². The predicted octanol–water partition coefficient (Wildman–Crippen LogP) is 4.73. The molecule has 1 fully saturated rings. The van der Waals surface area contributed by atoms with Crippen molar-refractivity contribution in [2.24, 2.45) is 5.92 Å². The molecule has 0 spiro atoms. The number of amides is 1. The highest BCUT2D eigenvalue weighted by atomic mass is 19.1. The van der Waals surface area contributed by atoms with Crippen LogP contribution in [0.2, 0.25) is 0 Å². The molecule has 2 N–H and O–H groups in total. The summed E-state index contributed by atoms with van der Waals surface area (Å²) in [5, 5.41) is 7.55. The van der Waals surface area contributed by atoms with Crippen LogP contribution in [0.4, 0.5) is 4.39 Å². The minimum absolute atomic E-state index is 0.0131. The van der Waals surface area contributed by atoms with Gasteiger partial charge in [-0.05, 0) is 60.7 Å².